The topological polar surface area (TPSA) is 35.4 Å². The standard InChI is InChI=1S/C22H26N2O2/c1-16-13-19(15-23-14-18-9-11-20(25-3)12-10-18)17(2)24(16)21-7-5-6-8-22(21)26-4/h5-13,23H,14-15H2,1-4H3. The van der Waals surface area contributed by atoms with Crippen molar-refractivity contribution in [2.45, 2.75) is 26.9 Å². The number of hydrogen-bond donors (Lipinski definition) is 1. The molecule has 1 N–H and O–H groups in total. The van der Waals surface area contributed by atoms with Crippen LogP contribution in [0.4, 0.5) is 0 Å². The van der Waals surface area contributed by atoms with E-state index in [2.05, 4.69) is 48.0 Å². The van der Waals surface area contributed by atoms with E-state index in [1.54, 1.807) is 14.2 Å². The third-order valence-electron chi connectivity index (χ3n) is 4.67. The van der Waals surface area contributed by atoms with Crippen molar-refractivity contribution in [1.29, 1.82) is 0 Å². The Bertz CT molecular complexity index is 866. The molecule has 0 bridgehead atoms. The van der Waals surface area contributed by atoms with Gasteiger partial charge in [0.05, 0.1) is 19.9 Å². The minimum atomic E-state index is 0.820. The van der Waals surface area contributed by atoms with Crippen LogP contribution in [0.25, 0.3) is 5.69 Å². The predicted molar refractivity (Wildman–Crippen MR) is 105 cm³/mol. The van der Waals surface area contributed by atoms with E-state index in [-0.39, 0.29) is 0 Å². The minimum Gasteiger partial charge on any atom is -0.497 e. The van der Waals surface area contributed by atoms with Crippen molar-refractivity contribution in [3.63, 3.8) is 0 Å². The first kappa shape index (κ1) is 18.1. The van der Waals surface area contributed by atoms with Crippen molar-refractivity contribution in [2.24, 2.45) is 0 Å². The van der Waals surface area contributed by atoms with Gasteiger partial charge in [-0.05, 0) is 55.3 Å². The van der Waals surface area contributed by atoms with Crippen molar-refractivity contribution < 1.29 is 9.47 Å². The molecule has 0 spiro atoms. The van der Waals surface area contributed by atoms with Gasteiger partial charge in [0.1, 0.15) is 11.5 Å². The van der Waals surface area contributed by atoms with Crippen LogP contribution < -0.4 is 14.8 Å². The maximum atomic E-state index is 5.53. The quantitative estimate of drug-likeness (QED) is 0.686. The first-order valence-corrected chi connectivity index (χ1v) is 8.79. The van der Waals surface area contributed by atoms with Gasteiger partial charge in [-0.15, -0.1) is 0 Å². The molecule has 4 heteroatoms. The molecule has 0 atom stereocenters. The largest absolute Gasteiger partial charge is 0.497 e. The predicted octanol–water partition coefficient (Wildman–Crippen LogP) is 4.40. The molecule has 0 radical (unpaired) electrons. The molecule has 0 aliphatic rings. The molecule has 0 fully saturated rings. The summed E-state index contributed by atoms with van der Waals surface area (Å²) in [5.74, 6) is 1.76. The molecule has 0 unspecified atom stereocenters. The lowest BCUT2D eigenvalue weighted by molar-refractivity contribution is 0.412. The Hall–Kier alpha value is -2.72. The smallest absolute Gasteiger partial charge is 0.142 e. The van der Waals surface area contributed by atoms with Crippen molar-refractivity contribution in [2.75, 3.05) is 14.2 Å². The number of hydrogen-bond acceptors (Lipinski definition) is 3. The van der Waals surface area contributed by atoms with Gasteiger partial charge in [0.2, 0.25) is 0 Å². The Morgan fingerprint density at radius 1 is 0.885 bits per heavy atom. The molecular formula is C22H26N2O2. The van der Waals surface area contributed by atoms with E-state index >= 15 is 0 Å². The third-order valence-corrected chi connectivity index (χ3v) is 4.67. The minimum absolute atomic E-state index is 0.820. The maximum absolute atomic E-state index is 5.53. The molecule has 0 aliphatic carbocycles. The molecule has 3 rings (SSSR count). The van der Waals surface area contributed by atoms with E-state index < -0.39 is 0 Å². The summed E-state index contributed by atoms with van der Waals surface area (Å²) in [6.45, 7) is 5.93. The van der Waals surface area contributed by atoms with Crippen molar-refractivity contribution in [3.8, 4) is 17.2 Å². The summed E-state index contributed by atoms with van der Waals surface area (Å²) in [5.41, 5.74) is 6.04. The van der Waals surface area contributed by atoms with Crippen LogP contribution in [0.1, 0.15) is 22.5 Å². The number of methoxy groups -OCH3 is 2. The maximum Gasteiger partial charge on any atom is 0.142 e. The summed E-state index contributed by atoms with van der Waals surface area (Å²) in [6.07, 6.45) is 0. The van der Waals surface area contributed by atoms with Crippen LogP contribution in [0.2, 0.25) is 0 Å². The molecule has 0 aliphatic heterocycles. The number of aryl methyl sites for hydroxylation is 1. The van der Waals surface area contributed by atoms with Gasteiger partial charge in [-0.1, -0.05) is 24.3 Å². The summed E-state index contributed by atoms with van der Waals surface area (Å²) in [7, 11) is 3.40. The van der Waals surface area contributed by atoms with E-state index in [1.165, 1.54) is 22.5 Å². The van der Waals surface area contributed by atoms with Gasteiger partial charge in [0.25, 0.3) is 0 Å². The number of ether oxygens (including phenoxy) is 2. The summed E-state index contributed by atoms with van der Waals surface area (Å²) in [5, 5.41) is 3.53. The molecule has 26 heavy (non-hydrogen) atoms. The van der Waals surface area contributed by atoms with Gasteiger partial charge in [0.15, 0.2) is 0 Å². The molecule has 1 heterocycles. The first-order chi connectivity index (χ1) is 12.6. The number of nitrogens with zero attached hydrogens (tertiary/aromatic N) is 1. The highest BCUT2D eigenvalue weighted by atomic mass is 16.5. The molecule has 0 amide bonds. The Kier molecular flexibility index (Phi) is 5.64. The van der Waals surface area contributed by atoms with Crippen LogP contribution in [-0.4, -0.2) is 18.8 Å². The number of rotatable bonds is 7. The summed E-state index contributed by atoms with van der Waals surface area (Å²) in [6, 6.07) is 18.5. The van der Waals surface area contributed by atoms with Crippen LogP contribution in [0, 0.1) is 13.8 Å². The summed E-state index contributed by atoms with van der Waals surface area (Å²) < 4.78 is 13.0. The molecule has 2 aromatic carbocycles. The molecule has 136 valence electrons. The number of nitrogens with one attached hydrogen (secondary N) is 1. The van der Waals surface area contributed by atoms with Gasteiger partial charge in [-0.25, -0.2) is 0 Å². The third kappa shape index (κ3) is 3.75. The zero-order valence-corrected chi connectivity index (χ0v) is 15.9. The second kappa shape index (κ2) is 8.11. The highest BCUT2D eigenvalue weighted by molar-refractivity contribution is 5.50. The first-order valence-electron chi connectivity index (χ1n) is 8.79. The fourth-order valence-corrected chi connectivity index (χ4v) is 3.28. The average Bonchev–Trinajstić information content (AvgIpc) is 2.95. The van der Waals surface area contributed by atoms with Gasteiger partial charge in [0, 0.05) is 24.5 Å². The van der Waals surface area contributed by atoms with Crippen molar-refractivity contribution in [3.05, 3.63) is 77.1 Å². The number of benzene rings is 2. The van der Waals surface area contributed by atoms with Crippen molar-refractivity contribution in [1.82, 2.24) is 9.88 Å². The van der Waals surface area contributed by atoms with Crippen LogP contribution in [0.3, 0.4) is 0 Å². The van der Waals surface area contributed by atoms with Crippen LogP contribution in [-0.2, 0) is 13.1 Å². The van der Waals surface area contributed by atoms with E-state index in [0.717, 1.165) is 30.3 Å². The average molecular weight is 350 g/mol. The molecule has 0 saturated carbocycles. The zero-order chi connectivity index (χ0) is 18.5. The van der Waals surface area contributed by atoms with Crippen molar-refractivity contribution >= 4 is 0 Å². The van der Waals surface area contributed by atoms with Gasteiger partial charge in [-0.2, -0.15) is 0 Å². The monoisotopic (exact) mass is 350 g/mol. The molecule has 1 aromatic heterocycles. The molecule has 0 saturated heterocycles. The summed E-state index contributed by atoms with van der Waals surface area (Å²) in [4.78, 5) is 0. The Morgan fingerprint density at radius 3 is 2.31 bits per heavy atom. The Morgan fingerprint density at radius 2 is 1.62 bits per heavy atom. The second-order valence-corrected chi connectivity index (χ2v) is 6.36. The normalized spacial score (nSPS) is 10.8. The fraction of sp³-hybridized carbons (Fsp3) is 0.273. The molecular weight excluding hydrogens is 324 g/mol. The fourth-order valence-electron chi connectivity index (χ4n) is 3.28. The number of para-hydroxylation sites is 2. The molecule has 4 nitrogen and oxygen atoms in total. The zero-order valence-electron chi connectivity index (χ0n) is 15.9. The lowest BCUT2D eigenvalue weighted by atomic mass is 10.2. The molecule has 3 aromatic rings. The highest BCUT2D eigenvalue weighted by Gasteiger charge is 2.13. The van der Waals surface area contributed by atoms with Crippen LogP contribution >= 0.6 is 0 Å². The SMILES string of the molecule is COc1ccc(CNCc2cc(C)n(-c3ccccc3OC)c2C)cc1. The summed E-state index contributed by atoms with van der Waals surface area (Å²) >= 11 is 0. The Balaban J connectivity index is 1.73. The lowest BCUT2D eigenvalue weighted by Gasteiger charge is -2.14. The van der Waals surface area contributed by atoms with Gasteiger partial charge >= 0.3 is 0 Å². The van der Waals surface area contributed by atoms with Gasteiger partial charge in [-0.3, -0.25) is 0 Å². The van der Waals surface area contributed by atoms with Gasteiger partial charge < -0.3 is 19.4 Å². The lowest BCUT2D eigenvalue weighted by Crippen LogP contribution is -2.13. The van der Waals surface area contributed by atoms with E-state index in [0.29, 0.717) is 0 Å². The van der Waals surface area contributed by atoms with E-state index in [1.807, 2.05) is 30.3 Å². The van der Waals surface area contributed by atoms with E-state index in [9.17, 15) is 0 Å². The van der Waals surface area contributed by atoms with E-state index in [4.69, 9.17) is 9.47 Å². The second-order valence-electron chi connectivity index (χ2n) is 6.36. The van der Waals surface area contributed by atoms with Crippen LogP contribution in [0.5, 0.6) is 11.5 Å². The van der Waals surface area contributed by atoms with Crippen LogP contribution in [0.15, 0.2) is 54.6 Å². The Labute approximate surface area is 155 Å². The highest BCUT2D eigenvalue weighted by Crippen LogP contribution is 2.27. The number of aromatic nitrogens is 1.